The van der Waals surface area contributed by atoms with E-state index >= 15 is 0 Å². The fourth-order valence-corrected chi connectivity index (χ4v) is 2.67. The van der Waals surface area contributed by atoms with E-state index in [4.69, 9.17) is 4.74 Å². The van der Waals surface area contributed by atoms with E-state index in [0.717, 1.165) is 25.0 Å². The maximum absolute atomic E-state index is 12.7. The summed E-state index contributed by atoms with van der Waals surface area (Å²) in [6.45, 7) is 2.04. The summed E-state index contributed by atoms with van der Waals surface area (Å²) < 4.78 is 43.3. The molecule has 3 nitrogen and oxygen atoms in total. The lowest BCUT2D eigenvalue weighted by Crippen LogP contribution is -2.33. The number of carbonyl (C=O) groups is 1. The number of anilines is 1. The minimum absolute atomic E-state index is 0.0441. The van der Waals surface area contributed by atoms with Gasteiger partial charge < -0.3 is 9.64 Å². The van der Waals surface area contributed by atoms with E-state index in [2.05, 4.69) is 15.9 Å². The van der Waals surface area contributed by atoms with E-state index in [1.165, 1.54) is 6.07 Å². The molecule has 0 aromatic heterocycles. The summed E-state index contributed by atoms with van der Waals surface area (Å²) in [5.74, 6) is -0.379. The third-order valence-electron chi connectivity index (χ3n) is 3.18. The zero-order chi connectivity index (χ0) is 15.6. The Morgan fingerprint density at radius 1 is 1.43 bits per heavy atom. The molecule has 0 heterocycles. The lowest BCUT2D eigenvalue weighted by Gasteiger charge is -2.25. The molecule has 0 radical (unpaired) electrons. The SMILES string of the molecule is CCOC(=O)CN(c1ccc(C(F)(F)F)cc1Br)C1CC1. The second kappa shape index (κ2) is 6.25. The van der Waals surface area contributed by atoms with Crippen molar-refractivity contribution in [3.63, 3.8) is 0 Å². The van der Waals surface area contributed by atoms with Crippen molar-refractivity contribution in [1.82, 2.24) is 0 Å². The summed E-state index contributed by atoms with van der Waals surface area (Å²) in [7, 11) is 0. The molecule has 21 heavy (non-hydrogen) atoms. The van der Waals surface area contributed by atoms with Crippen molar-refractivity contribution >= 4 is 27.6 Å². The highest BCUT2D eigenvalue weighted by Gasteiger charge is 2.34. The highest BCUT2D eigenvalue weighted by Crippen LogP contribution is 2.39. The van der Waals surface area contributed by atoms with E-state index in [1.807, 2.05) is 0 Å². The largest absolute Gasteiger partial charge is 0.465 e. The topological polar surface area (TPSA) is 29.5 Å². The smallest absolute Gasteiger partial charge is 0.416 e. The van der Waals surface area contributed by atoms with E-state index in [1.54, 1.807) is 11.8 Å². The molecule has 0 saturated heterocycles. The van der Waals surface area contributed by atoms with Crippen LogP contribution in [-0.4, -0.2) is 25.2 Å². The Bertz CT molecular complexity index is 529. The van der Waals surface area contributed by atoms with Gasteiger partial charge in [-0.05, 0) is 53.9 Å². The zero-order valence-corrected chi connectivity index (χ0v) is 13.0. The van der Waals surface area contributed by atoms with Gasteiger partial charge in [0.15, 0.2) is 0 Å². The number of hydrogen-bond acceptors (Lipinski definition) is 3. The Morgan fingerprint density at radius 2 is 2.10 bits per heavy atom. The molecule has 1 aliphatic rings. The standard InChI is InChI=1S/C14H15BrF3NO2/c1-2-21-13(20)8-19(10-4-5-10)12-6-3-9(7-11(12)15)14(16,17)18/h3,6-7,10H,2,4-5,8H2,1H3. The summed E-state index contributed by atoms with van der Waals surface area (Å²) in [6, 6.07) is 3.64. The maximum atomic E-state index is 12.7. The number of nitrogens with zero attached hydrogens (tertiary/aromatic N) is 1. The predicted molar refractivity (Wildman–Crippen MR) is 76.1 cm³/mol. The van der Waals surface area contributed by atoms with E-state index in [-0.39, 0.29) is 25.2 Å². The second-order valence-electron chi connectivity index (χ2n) is 4.83. The minimum Gasteiger partial charge on any atom is -0.465 e. The zero-order valence-electron chi connectivity index (χ0n) is 11.4. The van der Waals surface area contributed by atoms with Crippen LogP contribution < -0.4 is 4.90 Å². The van der Waals surface area contributed by atoms with Gasteiger partial charge in [-0.15, -0.1) is 0 Å². The van der Waals surface area contributed by atoms with Crippen LogP contribution in [0.1, 0.15) is 25.3 Å². The summed E-state index contributed by atoms with van der Waals surface area (Å²) in [4.78, 5) is 13.4. The number of rotatable bonds is 5. The van der Waals surface area contributed by atoms with E-state index in [0.29, 0.717) is 10.2 Å². The molecule has 0 bridgehead atoms. The van der Waals surface area contributed by atoms with Gasteiger partial charge in [0.1, 0.15) is 6.54 Å². The average molecular weight is 366 g/mol. The van der Waals surface area contributed by atoms with Gasteiger partial charge in [-0.1, -0.05) is 0 Å². The lowest BCUT2D eigenvalue weighted by molar-refractivity contribution is -0.141. The first-order valence-corrected chi connectivity index (χ1v) is 7.41. The molecule has 116 valence electrons. The van der Waals surface area contributed by atoms with Crippen LogP contribution >= 0.6 is 15.9 Å². The van der Waals surface area contributed by atoms with Crippen molar-refractivity contribution in [1.29, 1.82) is 0 Å². The number of halogens is 4. The highest BCUT2D eigenvalue weighted by molar-refractivity contribution is 9.10. The average Bonchev–Trinajstić information content (AvgIpc) is 3.19. The quantitative estimate of drug-likeness (QED) is 0.738. The Balaban J connectivity index is 2.23. The van der Waals surface area contributed by atoms with Crippen LogP contribution in [0.15, 0.2) is 22.7 Å². The lowest BCUT2D eigenvalue weighted by atomic mass is 10.2. The first kappa shape index (κ1) is 16.1. The third kappa shape index (κ3) is 4.12. The maximum Gasteiger partial charge on any atom is 0.416 e. The van der Waals surface area contributed by atoms with Crippen molar-refractivity contribution in [3.8, 4) is 0 Å². The van der Waals surface area contributed by atoms with Gasteiger partial charge in [0, 0.05) is 10.5 Å². The number of benzene rings is 1. The molecule has 2 rings (SSSR count). The fourth-order valence-electron chi connectivity index (χ4n) is 2.06. The van der Waals surface area contributed by atoms with Gasteiger partial charge in [0.2, 0.25) is 0 Å². The molecule has 1 aliphatic carbocycles. The van der Waals surface area contributed by atoms with Crippen molar-refractivity contribution in [2.45, 2.75) is 32.0 Å². The highest BCUT2D eigenvalue weighted by atomic mass is 79.9. The molecule has 1 fully saturated rings. The van der Waals surface area contributed by atoms with Crippen molar-refractivity contribution < 1.29 is 22.7 Å². The summed E-state index contributed by atoms with van der Waals surface area (Å²) in [5, 5.41) is 0. The van der Waals surface area contributed by atoms with Crippen LogP contribution in [0, 0.1) is 0 Å². The first-order valence-electron chi connectivity index (χ1n) is 6.62. The summed E-state index contributed by atoms with van der Waals surface area (Å²) in [5.41, 5.74) is -0.136. The summed E-state index contributed by atoms with van der Waals surface area (Å²) in [6.07, 6.45) is -2.54. The van der Waals surface area contributed by atoms with Crippen LogP contribution in [-0.2, 0) is 15.7 Å². The van der Waals surface area contributed by atoms with Crippen LogP contribution in [0.5, 0.6) is 0 Å². The third-order valence-corrected chi connectivity index (χ3v) is 3.81. The van der Waals surface area contributed by atoms with Gasteiger partial charge >= 0.3 is 12.1 Å². The number of hydrogen-bond donors (Lipinski definition) is 0. The molecule has 0 unspecified atom stereocenters. The van der Waals surface area contributed by atoms with Crippen molar-refractivity contribution in [2.75, 3.05) is 18.1 Å². The van der Waals surface area contributed by atoms with Crippen LogP contribution in [0.3, 0.4) is 0 Å². The predicted octanol–water partition coefficient (Wildman–Crippen LogP) is 4.00. The second-order valence-corrected chi connectivity index (χ2v) is 5.68. The molecular weight excluding hydrogens is 351 g/mol. The van der Waals surface area contributed by atoms with Crippen molar-refractivity contribution in [3.05, 3.63) is 28.2 Å². The normalized spacial score (nSPS) is 14.9. The molecule has 0 N–H and O–H groups in total. The van der Waals surface area contributed by atoms with E-state index in [9.17, 15) is 18.0 Å². The Kier molecular flexibility index (Phi) is 4.81. The molecule has 0 atom stereocenters. The fraction of sp³-hybridized carbons (Fsp3) is 0.500. The Hall–Kier alpha value is -1.24. The number of alkyl halides is 3. The van der Waals surface area contributed by atoms with Crippen LogP contribution in [0.2, 0.25) is 0 Å². The molecule has 7 heteroatoms. The van der Waals surface area contributed by atoms with E-state index < -0.39 is 11.7 Å². The molecule has 0 aliphatic heterocycles. The van der Waals surface area contributed by atoms with Crippen molar-refractivity contribution in [2.24, 2.45) is 0 Å². The summed E-state index contributed by atoms with van der Waals surface area (Å²) >= 11 is 3.17. The Labute approximate surface area is 129 Å². The monoisotopic (exact) mass is 365 g/mol. The Morgan fingerprint density at radius 3 is 2.57 bits per heavy atom. The van der Waals surface area contributed by atoms with Gasteiger partial charge in [-0.3, -0.25) is 4.79 Å². The molecule has 0 spiro atoms. The number of ether oxygens (including phenoxy) is 1. The molecule has 0 amide bonds. The number of carbonyl (C=O) groups excluding carboxylic acids is 1. The van der Waals surface area contributed by atoms with Crippen LogP contribution in [0.25, 0.3) is 0 Å². The molecule has 1 saturated carbocycles. The molecule has 1 aromatic rings. The van der Waals surface area contributed by atoms with Gasteiger partial charge in [-0.2, -0.15) is 13.2 Å². The van der Waals surface area contributed by atoms with Crippen LogP contribution in [0.4, 0.5) is 18.9 Å². The molecular formula is C14H15BrF3NO2. The minimum atomic E-state index is -4.38. The first-order chi connectivity index (χ1) is 9.82. The number of esters is 1. The van der Waals surface area contributed by atoms with Gasteiger partial charge in [0.05, 0.1) is 17.9 Å². The molecule has 1 aromatic carbocycles. The van der Waals surface area contributed by atoms with Gasteiger partial charge in [-0.25, -0.2) is 0 Å². The van der Waals surface area contributed by atoms with Gasteiger partial charge in [0.25, 0.3) is 0 Å².